The number of nitrogen functional groups attached to an aromatic ring is 1. The third kappa shape index (κ3) is 3.07. The Morgan fingerprint density at radius 2 is 2.56 bits per heavy atom. The molecule has 1 atom stereocenters. The summed E-state index contributed by atoms with van der Waals surface area (Å²) in [5.74, 6) is 2.96. The highest BCUT2D eigenvalue weighted by Gasteiger charge is 2.17. The van der Waals surface area contributed by atoms with Crippen LogP contribution < -0.4 is 11.1 Å². The zero-order valence-corrected chi connectivity index (χ0v) is 11.1. The van der Waals surface area contributed by atoms with E-state index in [-0.39, 0.29) is 0 Å². The quantitative estimate of drug-likeness (QED) is 0.807. The molecule has 0 bridgehead atoms. The van der Waals surface area contributed by atoms with Gasteiger partial charge in [-0.1, -0.05) is 0 Å². The van der Waals surface area contributed by atoms with Crippen molar-refractivity contribution in [1.82, 2.24) is 4.98 Å². The Hall–Kier alpha value is -1.43. The van der Waals surface area contributed by atoms with E-state index in [0.717, 1.165) is 6.54 Å². The molecule has 0 radical (unpaired) electrons. The number of anilines is 2. The van der Waals surface area contributed by atoms with Crippen LogP contribution in [0.2, 0.25) is 0 Å². The minimum Gasteiger partial charge on any atom is -0.465 e. The van der Waals surface area contributed by atoms with Crippen LogP contribution in [-0.2, 0) is 4.74 Å². The summed E-state index contributed by atoms with van der Waals surface area (Å²) in [7, 11) is 1.36. The summed E-state index contributed by atoms with van der Waals surface area (Å²) in [6, 6.07) is 1.54. The van der Waals surface area contributed by atoms with Gasteiger partial charge in [-0.15, -0.1) is 0 Å². The van der Waals surface area contributed by atoms with Crippen molar-refractivity contribution in [2.45, 2.75) is 6.42 Å². The van der Waals surface area contributed by atoms with Gasteiger partial charge in [0.25, 0.3) is 0 Å². The van der Waals surface area contributed by atoms with Gasteiger partial charge >= 0.3 is 5.97 Å². The molecule has 1 aromatic rings. The lowest BCUT2D eigenvalue weighted by molar-refractivity contribution is 0.0601. The molecule has 0 aromatic carbocycles. The number of esters is 1. The Balaban J connectivity index is 2.08. The molecule has 1 aromatic heterocycles. The van der Waals surface area contributed by atoms with Gasteiger partial charge in [0.15, 0.2) is 0 Å². The number of thioether (sulfide) groups is 1. The lowest BCUT2D eigenvalue weighted by Crippen LogP contribution is -2.16. The average molecular weight is 267 g/mol. The van der Waals surface area contributed by atoms with Crippen molar-refractivity contribution in [3.63, 3.8) is 0 Å². The highest BCUT2D eigenvalue weighted by atomic mass is 32.2. The van der Waals surface area contributed by atoms with Gasteiger partial charge in [0, 0.05) is 6.54 Å². The maximum absolute atomic E-state index is 11.6. The van der Waals surface area contributed by atoms with Crippen molar-refractivity contribution >= 4 is 29.2 Å². The molecule has 1 aliphatic heterocycles. The summed E-state index contributed by atoms with van der Waals surface area (Å²) in [5.41, 5.74) is 6.72. The molecule has 3 N–H and O–H groups in total. The van der Waals surface area contributed by atoms with E-state index in [1.165, 1.54) is 31.1 Å². The van der Waals surface area contributed by atoms with Crippen LogP contribution in [0.5, 0.6) is 0 Å². The smallest absolute Gasteiger partial charge is 0.340 e. The summed E-state index contributed by atoms with van der Waals surface area (Å²) in [4.78, 5) is 15.6. The molecular weight excluding hydrogens is 250 g/mol. The monoisotopic (exact) mass is 267 g/mol. The fraction of sp³-hybridized carbons (Fsp3) is 0.500. The Morgan fingerprint density at radius 1 is 1.72 bits per heavy atom. The Morgan fingerprint density at radius 3 is 3.22 bits per heavy atom. The van der Waals surface area contributed by atoms with Crippen LogP contribution in [-0.4, -0.2) is 36.1 Å². The second kappa shape index (κ2) is 5.95. The van der Waals surface area contributed by atoms with Crippen LogP contribution in [0, 0.1) is 5.92 Å². The number of nitrogens with zero attached hydrogens (tertiary/aromatic N) is 1. The zero-order valence-electron chi connectivity index (χ0n) is 10.3. The number of pyridine rings is 1. The van der Waals surface area contributed by atoms with Gasteiger partial charge in [-0.25, -0.2) is 9.78 Å². The minimum absolute atomic E-state index is 0.317. The Labute approximate surface area is 110 Å². The van der Waals surface area contributed by atoms with Crippen molar-refractivity contribution in [2.24, 2.45) is 5.92 Å². The van der Waals surface area contributed by atoms with Crippen molar-refractivity contribution in [2.75, 3.05) is 36.2 Å². The van der Waals surface area contributed by atoms with Gasteiger partial charge in [0.1, 0.15) is 5.82 Å². The second-order valence-electron chi connectivity index (χ2n) is 4.26. The maximum atomic E-state index is 11.6. The van der Waals surface area contributed by atoms with Crippen LogP contribution in [0.4, 0.5) is 11.5 Å². The second-order valence-corrected chi connectivity index (χ2v) is 5.41. The van der Waals surface area contributed by atoms with Crippen molar-refractivity contribution in [3.8, 4) is 0 Å². The average Bonchev–Trinajstić information content (AvgIpc) is 2.89. The third-order valence-electron chi connectivity index (χ3n) is 2.94. The first kappa shape index (κ1) is 13.0. The van der Waals surface area contributed by atoms with E-state index < -0.39 is 5.97 Å². The van der Waals surface area contributed by atoms with Crippen LogP contribution in [0.25, 0.3) is 0 Å². The highest BCUT2D eigenvalue weighted by Crippen LogP contribution is 2.25. The van der Waals surface area contributed by atoms with Gasteiger partial charge in [0.05, 0.1) is 24.6 Å². The molecule has 1 aliphatic rings. The number of hydrogen-bond acceptors (Lipinski definition) is 6. The number of carbonyl (C=O) groups is 1. The number of methoxy groups -OCH3 is 1. The largest absolute Gasteiger partial charge is 0.465 e. The zero-order chi connectivity index (χ0) is 13.0. The molecule has 2 rings (SSSR count). The molecule has 0 amide bonds. The molecule has 6 heteroatoms. The van der Waals surface area contributed by atoms with E-state index in [2.05, 4.69) is 10.3 Å². The van der Waals surface area contributed by atoms with Gasteiger partial charge in [-0.05, 0) is 29.9 Å². The van der Waals surface area contributed by atoms with E-state index in [9.17, 15) is 4.79 Å². The van der Waals surface area contributed by atoms with Crippen LogP contribution in [0.15, 0.2) is 12.3 Å². The summed E-state index contributed by atoms with van der Waals surface area (Å²) in [6.45, 7) is 0.850. The number of nitrogens with one attached hydrogen (secondary N) is 1. The van der Waals surface area contributed by atoms with Crippen LogP contribution in [0.3, 0.4) is 0 Å². The topological polar surface area (TPSA) is 77.2 Å². The summed E-state index contributed by atoms with van der Waals surface area (Å²) in [5, 5.41) is 3.27. The fourth-order valence-electron chi connectivity index (χ4n) is 1.89. The maximum Gasteiger partial charge on any atom is 0.340 e. The lowest BCUT2D eigenvalue weighted by atomic mass is 10.1. The van der Waals surface area contributed by atoms with E-state index in [0.29, 0.717) is 23.0 Å². The SMILES string of the molecule is COC(=O)c1cc(N)ncc1NCC1CCSC1. The molecule has 2 heterocycles. The van der Waals surface area contributed by atoms with Gasteiger partial charge < -0.3 is 15.8 Å². The molecule has 5 nitrogen and oxygen atoms in total. The molecule has 1 saturated heterocycles. The lowest BCUT2D eigenvalue weighted by Gasteiger charge is -2.13. The molecular formula is C12H17N3O2S. The van der Waals surface area contributed by atoms with Crippen LogP contribution in [0.1, 0.15) is 16.8 Å². The number of aromatic nitrogens is 1. The molecule has 1 fully saturated rings. The summed E-state index contributed by atoms with van der Waals surface area (Å²) in [6.07, 6.45) is 2.80. The number of nitrogens with two attached hydrogens (primary N) is 1. The van der Waals surface area contributed by atoms with E-state index in [4.69, 9.17) is 10.5 Å². The number of hydrogen-bond donors (Lipinski definition) is 2. The normalized spacial score (nSPS) is 18.6. The van der Waals surface area contributed by atoms with Crippen molar-refractivity contribution in [3.05, 3.63) is 17.8 Å². The number of rotatable bonds is 4. The Bertz CT molecular complexity index is 433. The molecule has 0 spiro atoms. The number of carbonyl (C=O) groups excluding carboxylic acids is 1. The highest BCUT2D eigenvalue weighted by molar-refractivity contribution is 7.99. The number of ether oxygens (including phenoxy) is 1. The van der Waals surface area contributed by atoms with E-state index in [1.807, 2.05) is 11.8 Å². The van der Waals surface area contributed by atoms with Gasteiger partial charge in [0.2, 0.25) is 0 Å². The molecule has 1 unspecified atom stereocenters. The summed E-state index contributed by atoms with van der Waals surface area (Å²) < 4.78 is 4.74. The van der Waals surface area contributed by atoms with Gasteiger partial charge in [-0.2, -0.15) is 11.8 Å². The first-order chi connectivity index (χ1) is 8.70. The standard InChI is InChI=1S/C12H17N3O2S/c1-17-12(16)9-4-11(13)15-6-10(9)14-5-8-2-3-18-7-8/h4,6,8,14H,2-3,5,7H2,1H3,(H2,13,15). The van der Waals surface area contributed by atoms with Crippen molar-refractivity contribution in [1.29, 1.82) is 0 Å². The van der Waals surface area contributed by atoms with E-state index >= 15 is 0 Å². The molecule has 0 aliphatic carbocycles. The Kier molecular flexibility index (Phi) is 4.30. The molecule has 0 saturated carbocycles. The third-order valence-corrected chi connectivity index (χ3v) is 4.17. The summed E-state index contributed by atoms with van der Waals surface area (Å²) >= 11 is 1.97. The predicted molar refractivity (Wildman–Crippen MR) is 73.9 cm³/mol. The van der Waals surface area contributed by atoms with Crippen LogP contribution >= 0.6 is 11.8 Å². The first-order valence-electron chi connectivity index (χ1n) is 5.86. The predicted octanol–water partition coefficient (Wildman–Crippen LogP) is 1.62. The van der Waals surface area contributed by atoms with E-state index in [1.54, 1.807) is 6.20 Å². The minimum atomic E-state index is -0.396. The fourth-order valence-corrected chi connectivity index (χ4v) is 3.17. The molecule has 98 valence electrons. The van der Waals surface area contributed by atoms with Crippen molar-refractivity contribution < 1.29 is 9.53 Å². The first-order valence-corrected chi connectivity index (χ1v) is 7.01. The van der Waals surface area contributed by atoms with Gasteiger partial charge in [-0.3, -0.25) is 0 Å². The molecule has 18 heavy (non-hydrogen) atoms.